The van der Waals surface area contributed by atoms with Crippen LogP contribution in [-0.4, -0.2) is 29.1 Å². The van der Waals surface area contributed by atoms with Crippen molar-refractivity contribution in [3.8, 4) is 0 Å². The van der Waals surface area contributed by atoms with Gasteiger partial charge in [-0.05, 0) is 5.56 Å². The zero-order valence-electron chi connectivity index (χ0n) is 8.92. The van der Waals surface area contributed by atoms with Gasteiger partial charge in [0, 0.05) is 7.05 Å². The number of carboxylic acids is 1. The summed E-state index contributed by atoms with van der Waals surface area (Å²) < 4.78 is 0. The number of rotatable bonds is 5. The minimum absolute atomic E-state index is 0.239. The average molecular weight is 223 g/mol. The summed E-state index contributed by atoms with van der Waals surface area (Å²) in [6.45, 7) is 0.239. The van der Waals surface area contributed by atoms with E-state index < -0.39 is 18.3 Å². The molecule has 1 rings (SSSR count). The van der Waals surface area contributed by atoms with Crippen LogP contribution in [0.3, 0.4) is 0 Å². The fraction of sp³-hybridized carbons (Fsp3) is 0.273. The SMILES string of the molecule is CN(OCc1ccccc1)C(=O)CC(=O)O. The Morgan fingerprint density at radius 1 is 1.31 bits per heavy atom. The summed E-state index contributed by atoms with van der Waals surface area (Å²) >= 11 is 0. The van der Waals surface area contributed by atoms with Gasteiger partial charge in [0.05, 0.1) is 0 Å². The fourth-order valence-electron chi connectivity index (χ4n) is 1.06. The Morgan fingerprint density at radius 3 is 2.50 bits per heavy atom. The molecular formula is C11H13NO4. The molecule has 1 aromatic carbocycles. The summed E-state index contributed by atoms with van der Waals surface area (Å²) in [6, 6.07) is 9.31. The maximum absolute atomic E-state index is 11.2. The Morgan fingerprint density at radius 2 is 1.94 bits per heavy atom. The van der Waals surface area contributed by atoms with Crippen LogP contribution in [0.25, 0.3) is 0 Å². The summed E-state index contributed by atoms with van der Waals surface area (Å²) in [5.74, 6) is -1.75. The van der Waals surface area contributed by atoms with Crippen molar-refractivity contribution >= 4 is 11.9 Å². The number of carbonyl (C=O) groups is 2. The minimum atomic E-state index is -1.17. The van der Waals surface area contributed by atoms with Crippen molar-refractivity contribution in [2.45, 2.75) is 13.0 Å². The number of hydrogen-bond donors (Lipinski definition) is 1. The first kappa shape index (κ1) is 12.2. The van der Waals surface area contributed by atoms with Gasteiger partial charge in [0.15, 0.2) is 0 Å². The van der Waals surface area contributed by atoms with Crippen LogP contribution >= 0.6 is 0 Å². The first-order valence-corrected chi connectivity index (χ1v) is 4.75. The Labute approximate surface area is 93.2 Å². The van der Waals surface area contributed by atoms with E-state index in [1.807, 2.05) is 30.3 Å². The Balaban J connectivity index is 2.38. The van der Waals surface area contributed by atoms with E-state index in [4.69, 9.17) is 9.94 Å². The van der Waals surface area contributed by atoms with Crippen molar-refractivity contribution in [2.24, 2.45) is 0 Å². The van der Waals surface area contributed by atoms with Crippen LogP contribution < -0.4 is 0 Å². The third-order valence-corrected chi connectivity index (χ3v) is 1.92. The van der Waals surface area contributed by atoms with Gasteiger partial charge >= 0.3 is 5.97 Å². The molecule has 0 fully saturated rings. The number of nitrogens with zero attached hydrogens (tertiary/aromatic N) is 1. The molecule has 16 heavy (non-hydrogen) atoms. The van der Waals surface area contributed by atoms with Crippen molar-refractivity contribution < 1.29 is 19.5 Å². The molecule has 86 valence electrons. The molecule has 1 amide bonds. The van der Waals surface area contributed by atoms with Crippen molar-refractivity contribution in [1.82, 2.24) is 5.06 Å². The summed E-state index contributed by atoms with van der Waals surface area (Å²) in [5, 5.41) is 9.36. The lowest BCUT2D eigenvalue weighted by atomic mass is 10.2. The molecule has 0 saturated carbocycles. The molecule has 1 N–H and O–H groups in total. The predicted octanol–water partition coefficient (Wildman–Crippen LogP) is 1.05. The second-order valence-electron chi connectivity index (χ2n) is 3.22. The number of hydroxylamine groups is 2. The molecule has 0 aliphatic rings. The van der Waals surface area contributed by atoms with Crippen LogP contribution in [0.5, 0.6) is 0 Å². The van der Waals surface area contributed by atoms with Gasteiger partial charge in [-0.2, -0.15) is 0 Å². The predicted molar refractivity (Wildman–Crippen MR) is 56.3 cm³/mol. The van der Waals surface area contributed by atoms with Crippen LogP contribution in [-0.2, 0) is 21.0 Å². The van der Waals surface area contributed by atoms with Crippen LogP contribution in [0.15, 0.2) is 30.3 Å². The van der Waals surface area contributed by atoms with Crippen LogP contribution in [0.2, 0.25) is 0 Å². The highest BCUT2D eigenvalue weighted by Gasteiger charge is 2.13. The van der Waals surface area contributed by atoms with E-state index in [1.165, 1.54) is 7.05 Å². The van der Waals surface area contributed by atoms with Gasteiger partial charge < -0.3 is 5.11 Å². The molecule has 0 aliphatic carbocycles. The summed E-state index contributed by atoms with van der Waals surface area (Å²) in [6.07, 6.45) is -0.564. The van der Waals surface area contributed by atoms with E-state index >= 15 is 0 Å². The van der Waals surface area contributed by atoms with Crippen molar-refractivity contribution in [2.75, 3.05) is 7.05 Å². The highest BCUT2D eigenvalue weighted by atomic mass is 16.7. The number of aliphatic carboxylic acids is 1. The van der Waals surface area contributed by atoms with E-state index in [9.17, 15) is 9.59 Å². The highest BCUT2D eigenvalue weighted by Crippen LogP contribution is 2.02. The Bertz CT molecular complexity index is 364. The molecule has 0 unspecified atom stereocenters. The van der Waals surface area contributed by atoms with Gasteiger partial charge in [0.25, 0.3) is 5.91 Å². The van der Waals surface area contributed by atoms with Gasteiger partial charge in [-0.25, -0.2) is 5.06 Å². The molecule has 0 radical (unpaired) electrons. The van der Waals surface area contributed by atoms with Crippen LogP contribution in [0.4, 0.5) is 0 Å². The smallest absolute Gasteiger partial charge is 0.312 e. The van der Waals surface area contributed by atoms with Crippen LogP contribution in [0.1, 0.15) is 12.0 Å². The number of carbonyl (C=O) groups excluding carboxylic acids is 1. The lowest BCUT2D eigenvalue weighted by Gasteiger charge is -2.15. The molecule has 5 heteroatoms. The zero-order chi connectivity index (χ0) is 12.0. The number of amides is 1. The van der Waals surface area contributed by atoms with E-state index in [-0.39, 0.29) is 6.61 Å². The minimum Gasteiger partial charge on any atom is -0.481 e. The van der Waals surface area contributed by atoms with E-state index in [2.05, 4.69) is 0 Å². The zero-order valence-corrected chi connectivity index (χ0v) is 8.92. The number of benzene rings is 1. The average Bonchev–Trinajstić information content (AvgIpc) is 2.26. The molecule has 5 nitrogen and oxygen atoms in total. The van der Waals surface area contributed by atoms with Gasteiger partial charge in [0.1, 0.15) is 13.0 Å². The second kappa shape index (κ2) is 5.87. The topological polar surface area (TPSA) is 66.8 Å². The monoisotopic (exact) mass is 223 g/mol. The molecular weight excluding hydrogens is 210 g/mol. The molecule has 0 spiro atoms. The van der Waals surface area contributed by atoms with Crippen molar-refractivity contribution in [3.63, 3.8) is 0 Å². The fourth-order valence-corrected chi connectivity index (χ4v) is 1.06. The lowest BCUT2D eigenvalue weighted by Crippen LogP contribution is -2.28. The highest BCUT2D eigenvalue weighted by molar-refractivity contribution is 5.92. The standard InChI is InChI=1S/C11H13NO4/c1-12(10(13)7-11(14)15)16-8-9-5-3-2-4-6-9/h2-6H,7-8H2,1H3,(H,14,15). The maximum atomic E-state index is 11.2. The first-order chi connectivity index (χ1) is 7.59. The molecule has 0 heterocycles. The van der Waals surface area contributed by atoms with Gasteiger partial charge in [-0.15, -0.1) is 0 Å². The molecule has 0 atom stereocenters. The summed E-state index contributed by atoms with van der Waals surface area (Å²) in [4.78, 5) is 26.6. The number of hydrogen-bond acceptors (Lipinski definition) is 3. The summed E-state index contributed by atoms with van der Waals surface area (Å²) in [7, 11) is 1.40. The molecule has 0 bridgehead atoms. The molecule has 0 aliphatic heterocycles. The van der Waals surface area contributed by atoms with Gasteiger partial charge in [0.2, 0.25) is 0 Å². The third kappa shape index (κ3) is 4.10. The van der Waals surface area contributed by atoms with Crippen molar-refractivity contribution in [1.29, 1.82) is 0 Å². The first-order valence-electron chi connectivity index (χ1n) is 4.75. The number of carboxylic acid groups (broad SMARTS) is 1. The molecule has 0 saturated heterocycles. The Kier molecular flexibility index (Phi) is 4.47. The Hall–Kier alpha value is -1.88. The normalized spacial score (nSPS) is 9.81. The van der Waals surface area contributed by atoms with Crippen molar-refractivity contribution in [3.05, 3.63) is 35.9 Å². The van der Waals surface area contributed by atoms with E-state index in [0.717, 1.165) is 10.6 Å². The van der Waals surface area contributed by atoms with E-state index in [1.54, 1.807) is 0 Å². The van der Waals surface area contributed by atoms with Gasteiger partial charge in [-0.1, -0.05) is 30.3 Å². The maximum Gasteiger partial charge on any atom is 0.312 e. The second-order valence-corrected chi connectivity index (χ2v) is 3.22. The lowest BCUT2D eigenvalue weighted by molar-refractivity contribution is -0.184. The third-order valence-electron chi connectivity index (χ3n) is 1.92. The molecule has 0 aromatic heterocycles. The van der Waals surface area contributed by atoms with Gasteiger partial charge in [-0.3, -0.25) is 14.4 Å². The molecule has 1 aromatic rings. The summed E-state index contributed by atoms with van der Waals surface area (Å²) in [5.41, 5.74) is 0.914. The largest absolute Gasteiger partial charge is 0.481 e. The van der Waals surface area contributed by atoms with E-state index in [0.29, 0.717) is 0 Å². The van der Waals surface area contributed by atoms with Crippen LogP contribution in [0, 0.1) is 0 Å². The quantitative estimate of drug-likeness (QED) is 0.598.